The first-order valence-corrected chi connectivity index (χ1v) is 10.7. The van der Waals surface area contributed by atoms with Crippen LogP contribution in [0.5, 0.6) is 0 Å². The molecule has 178 valence electrons. The number of cyclic esters (lactones) is 1. The summed E-state index contributed by atoms with van der Waals surface area (Å²) in [4.78, 5) is 30.5. The van der Waals surface area contributed by atoms with E-state index < -0.39 is 30.5 Å². The van der Waals surface area contributed by atoms with Crippen LogP contribution < -0.4 is 10.2 Å². The first-order valence-electron chi connectivity index (χ1n) is 10.7. The number of alkyl halides is 2. The second-order valence-electron chi connectivity index (χ2n) is 8.11. The van der Waals surface area contributed by atoms with E-state index in [4.69, 9.17) is 4.74 Å². The first-order chi connectivity index (χ1) is 16.2. The van der Waals surface area contributed by atoms with Crippen molar-refractivity contribution in [3.63, 3.8) is 0 Å². The summed E-state index contributed by atoms with van der Waals surface area (Å²) in [7, 11) is 0. The minimum atomic E-state index is -2.61. The minimum absolute atomic E-state index is 0.138. The molecule has 1 N–H and O–H groups in total. The second-order valence-corrected chi connectivity index (χ2v) is 8.11. The molecule has 1 aliphatic rings. The van der Waals surface area contributed by atoms with Crippen molar-refractivity contribution in [2.45, 2.75) is 39.3 Å². The molecule has 34 heavy (non-hydrogen) atoms. The lowest BCUT2D eigenvalue weighted by Crippen LogP contribution is -2.41. The van der Waals surface area contributed by atoms with Gasteiger partial charge in [-0.1, -0.05) is 13.0 Å². The topological polar surface area (TPSA) is 93.1 Å². The van der Waals surface area contributed by atoms with E-state index in [-0.39, 0.29) is 24.2 Å². The van der Waals surface area contributed by atoms with E-state index in [1.54, 1.807) is 38.4 Å². The summed E-state index contributed by atoms with van der Waals surface area (Å²) in [5.41, 5.74) is 2.07. The number of hydrogen-bond acceptors (Lipinski definition) is 7. The van der Waals surface area contributed by atoms with E-state index in [0.29, 0.717) is 11.4 Å². The first kappa shape index (κ1) is 23.4. The number of ether oxygens (including phenoxy) is 1. The zero-order chi connectivity index (χ0) is 24.4. The molecule has 3 heterocycles. The van der Waals surface area contributed by atoms with Crippen LogP contribution in [-0.2, 0) is 4.74 Å². The number of carbonyl (C=O) groups excluding carboxylic acids is 1. The number of rotatable bonds is 7. The Bertz CT molecular complexity index is 1180. The largest absolute Gasteiger partial charge is 0.447 e. The molecular weight excluding hydrogens is 449 g/mol. The normalized spacial score (nSPS) is 17.6. The average molecular weight is 472 g/mol. The van der Waals surface area contributed by atoms with Gasteiger partial charge in [0.25, 0.3) is 0 Å². The Morgan fingerprint density at radius 3 is 2.53 bits per heavy atom. The third kappa shape index (κ3) is 4.78. The van der Waals surface area contributed by atoms with E-state index in [0.717, 1.165) is 16.0 Å². The van der Waals surface area contributed by atoms with Gasteiger partial charge in [0.2, 0.25) is 12.4 Å². The molecule has 0 spiro atoms. The summed E-state index contributed by atoms with van der Waals surface area (Å²) in [5.74, 6) is -0.573. The molecule has 0 bridgehead atoms. The quantitative estimate of drug-likeness (QED) is 0.529. The molecule has 1 fully saturated rings. The van der Waals surface area contributed by atoms with Gasteiger partial charge in [0, 0.05) is 30.1 Å². The van der Waals surface area contributed by atoms with E-state index in [2.05, 4.69) is 25.3 Å². The minimum Gasteiger partial charge on any atom is -0.447 e. The van der Waals surface area contributed by atoms with Gasteiger partial charge in [0.1, 0.15) is 24.1 Å². The number of anilines is 2. The fourth-order valence-corrected chi connectivity index (χ4v) is 3.60. The zero-order valence-electron chi connectivity index (χ0n) is 18.7. The summed E-state index contributed by atoms with van der Waals surface area (Å²) in [6, 6.07) is 5.01. The molecule has 3 atom stereocenters. The lowest BCUT2D eigenvalue weighted by atomic mass is 10.0. The number of aryl methyl sites for hydroxylation is 1. The van der Waals surface area contributed by atoms with Crippen molar-refractivity contribution in [2.75, 3.05) is 16.8 Å². The Kier molecular flexibility index (Phi) is 6.62. The number of hydrogen-bond donors (Lipinski definition) is 1. The third-order valence-corrected chi connectivity index (χ3v) is 5.69. The number of nitrogens with one attached hydrogen (secondary N) is 1. The van der Waals surface area contributed by atoms with Crippen molar-refractivity contribution in [2.24, 2.45) is 5.92 Å². The maximum Gasteiger partial charge on any atom is 0.415 e. The molecule has 1 aliphatic heterocycles. The number of aromatic nitrogens is 4. The zero-order valence-corrected chi connectivity index (χ0v) is 18.7. The molecule has 2 unspecified atom stereocenters. The van der Waals surface area contributed by atoms with Gasteiger partial charge in [-0.15, -0.1) is 0 Å². The maximum atomic E-state index is 13.5. The lowest BCUT2D eigenvalue weighted by molar-refractivity contribution is 0.0685. The molecule has 0 aliphatic carbocycles. The molecule has 1 amide bonds. The van der Waals surface area contributed by atoms with E-state index in [1.807, 2.05) is 0 Å². The van der Waals surface area contributed by atoms with Gasteiger partial charge in [-0.3, -0.25) is 4.90 Å². The highest BCUT2D eigenvalue weighted by Gasteiger charge is 2.41. The molecular formula is C23H23F3N6O2. The number of nitrogens with zero attached hydrogens (tertiary/aromatic N) is 5. The SMILES string of the molecule is Cc1cc(-c2cnc([C@H](C)Nc3nccc(N4C(=O)OCC4C(C)C(F)F)n3)nc2)ccc1F. The van der Waals surface area contributed by atoms with Gasteiger partial charge in [0.05, 0.1) is 12.1 Å². The fourth-order valence-electron chi connectivity index (χ4n) is 3.60. The third-order valence-electron chi connectivity index (χ3n) is 5.69. The Labute approximate surface area is 194 Å². The highest BCUT2D eigenvalue weighted by Crippen LogP contribution is 2.29. The van der Waals surface area contributed by atoms with Gasteiger partial charge < -0.3 is 10.1 Å². The van der Waals surface area contributed by atoms with Gasteiger partial charge in [-0.05, 0) is 43.2 Å². The molecule has 2 aromatic heterocycles. The second kappa shape index (κ2) is 9.62. The average Bonchev–Trinajstić information content (AvgIpc) is 3.21. The predicted octanol–water partition coefficient (Wildman–Crippen LogP) is 4.78. The van der Waals surface area contributed by atoms with E-state index in [9.17, 15) is 18.0 Å². The molecule has 8 nitrogen and oxygen atoms in total. The summed E-state index contributed by atoms with van der Waals surface area (Å²) in [6.45, 7) is 4.72. The van der Waals surface area contributed by atoms with Crippen molar-refractivity contribution >= 4 is 17.9 Å². The van der Waals surface area contributed by atoms with Crippen LogP contribution >= 0.6 is 0 Å². The molecule has 3 aromatic rings. The maximum absolute atomic E-state index is 13.5. The van der Waals surface area contributed by atoms with Crippen LogP contribution in [0.1, 0.15) is 31.3 Å². The summed E-state index contributed by atoms with van der Waals surface area (Å²) in [6.07, 6.45) is 1.36. The molecule has 0 radical (unpaired) electrons. The van der Waals surface area contributed by atoms with E-state index >= 15 is 0 Å². The van der Waals surface area contributed by atoms with Crippen molar-refractivity contribution in [3.05, 3.63) is 60.1 Å². The van der Waals surface area contributed by atoms with Crippen LogP contribution in [0.4, 0.5) is 29.7 Å². The summed E-state index contributed by atoms with van der Waals surface area (Å²) in [5, 5.41) is 3.06. The molecule has 0 saturated carbocycles. The highest BCUT2D eigenvalue weighted by atomic mass is 19.3. The van der Waals surface area contributed by atoms with Crippen molar-refractivity contribution in [1.82, 2.24) is 19.9 Å². The number of benzene rings is 1. The summed E-state index contributed by atoms with van der Waals surface area (Å²) < 4.78 is 45.0. The van der Waals surface area contributed by atoms with Crippen molar-refractivity contribution < 1.29 is 22.7 Å². The van der Waals surface area contributed by atoms with Crippen LogP contribution in [-0.4, -0.2) is 45.1 Å². The van der Waals surface area contributed by atoms with Crippen LogP contribution in [0.15, 0.2) is 42.9 Å². The Balaban J connectivity index is 1.49. The molecule has 11 heteroatoms. The highest BCUT2D eigenvalue weighted by molar-refractivity contribution is 5.89. The van der Waals surface area contributed by atoms with Crippen LogP contribution in [0.25, 0.3) is 11.1 Å². The lowest BCUT2D eigenvalue weighted by Gasteiger charge is -2.25. The van der Waals surface area contributed by atoms with Gasteiger partial charge in [0.15, 0.2) is 0 Å². The predicted molar refractivity (Wildman–Crippen MR) is 119 cm³/mol. The van der Waals surface area contributed by atoms with Crippen LogP contribution in [0.3, 0.4) is 0 Å². The fraction of sp³-hybridized carbons (Fsp3) is 0.348. The Morgan fingerprint density at radius 1 is 1.12 bits per heavy atom. The van der Waals surface area contributed by atoms with Crippen molar-refractivity contribution in [3.8, 4) is 11.1 Å². The van der Waals surface area contributed by atoms with Crippen LogP contribution in [0, 0.1) is 18.7 Å². The van der Waals surface area contributed by atoms with E-state index in [1.165, 1.54) is 25.3 Å². The van der Waals surface area contributed by atoms with Crippen molar-refractivity contribution in [1.29, 1.82) is 0 Å². The van der Waals surface area contributed by atoms with Gasteiger partial charge in [-0.2, -0.15) is 4.98 Å². The smallest absolute Gasteiger partial charge is 0.415 e. The van der Waals surface area contributed by atoms with Crippen LogP contribution in [0.2, 0.25) is 0 Å². The summed E-state index contributed by atoms with van der Waals surface area (Å²) >= 11 is 0. The Morgan fingerprint density at radius 2 is 1.85 bits per heavy atom. The molecule has 1 aromatic carbocycles. The standard InChI is InChI=1S/C23H23F3N6O2/c1-12-8-15(4-5-17(12)24)16-9-28-21(29-10-16)14(3)30-22-27-7-6-19(31-22)32-18(11-34-23(32)33)13(2)20(25)26/h4-10,13-14,18,20H,11H2,1-3H3,(H,27,30,31)/t13?,14-,18?/m0/s1. The number of carbonyl (C=O) groups is 1. The Hall–Kier alpha value is -3.76. The molecule has 1 saturated heterocycles. The van der Waals surface area contributed by atoms with Gasteiger partial charge in [-0.25, -0.2) is 32.9 Å². The molecule has 4 rings (SSSR count). The number of halogens is 3. The number of amides is 1. The van der Waals surface area contributed by atoms with Gasteiger partial charge >= 0.3 is 6.09 Å². The monoisotopic (exact) mass is 472 g/mol.